The van der Waals surface area contributed by atoms with Crippen LogP contribution in [0, 0.1) is 19.8 Å². The molecule has 0 spiro atoms. The van der Waals surface area contributed by atoms with Crippen LogP contribution in [-0.2, 0) is 25.5 Å². The third-order valence-electron chi connectivity index (χ3n) is 6.88. The summed E-state index contributed by atoms with van der Waals surface area (Å²) in [7, 11) is 0. The highest BCUT2D eigenvalue weighted by Gasteiger charge is 2.29. The Bertz CT molecular complexity index is 909. The lowest BCUT2D eigenvalue weighted by atomic mass is 9.96. The van der Waals surface area contributed by atoms with Crippen LogP contribution in [0.5, 0.6) is 0 Å². The first-order chi connectivity index (χ1) is 16.3. The summed E-state index contributed by atoms with van der Waals surface area (Å²) in [6.07, 6.45) is 4.76. The third kappa shape index (κ3) is 6.39. The maximum Gasteiger partial charge on any atom is 0.355 e. The molecule has 0 bridgehead atoms. The second-order valence-electron chi connectivity index (χ2n) is 9.26. The van der Waals surface area contributed by atoms with Crippen LogP contribution in [-0.4, -0.2) is 77.8 Å². The van der Waals surface area contributed by atoms with Gasteiger partial charge in [0.25, 0.3) is 0 Å². The lowest BCUT2D eigenvalue weighted by Crippen LogP contribution is -2.45. The van der Waals surface area contributed by atoms with Gasteiger partial charge in [0.2, 0.25) is 17.7 Å². The van der Waals surface area contributed by atoms with Gasteiger partial charge in [-0.05, 0) is 64.0 Å². The van der Waals surface area contributed by atoms with E-state index in [0.29, 0.717) is 57.7 Å². The molecule has 1 aromatic heterocycles. The molecule has 9 nitrogen and oxygen atoms in total. The van der Waals surface area contributed by atoms with E-state index in [4.69, 9.17) is 4.74 Å². The highest BCUT2D eigenvalue weighted by atomic mass is 16.5. The average molecular weight is 475 g/mol. The van der Waals surface area contributed by atoms with Crippen molar-refractivity contribution in [2.45, 2.75) is 65.7 Å². The van der Waals surface area contributed by atoms with Crippen LogP contribution >= 0.6 is 0 Å². The van der Waals surface area contributed by atoms with Gasteiger partial charge in [0, 0.05) is 51.3 Å². The molecule has 0 radical (unpaired) electrons. The number of carbonyl (C=O) groups excluding carboxylic acids is 4. The van der Waals surface area contributed by atoms with Crippen LogP contribution in [0.15, 0.2) is 0 Å². The van der Waals surface area contributed by atoms with Crippen molar-refractivity contribution in [1.82, 2.24) is 20.1 Å². The molecular formula is C25H38N4O5. The lowest BCUT2D eigenvalue weighted by Gasteiger charge is -2.32. The van der Waals surface area contributed by atoms with Crippen LogP contribution in [0.3, 0.4) is 0 Å². The summed E-state index contributed by atoms with van der Waals surface area (Å²) < 4.78 is 5.10. The van der Waals surface area contributed by atoms with Crippen molar-refractivity contribution in [2.75, 3.05) is 39.3 Å². The number of ether oxygens (including phenoxy) is 1. The van der Waals surface area contributed by atoms with Gasteiger partial charge < -0.3 is 24.8 Å². The van der Waals surface area contributed by atoms with Crippen molar-refractivity contribution in [1.29, 1.82) is 0 Å². The number of aromatic amines is 1. The molecule has 1 aromatic rings. The van der Waals surface area contributed by atoms with Gasteiger partial charge in [-0.2, -0.15) is 0 Å². The minimum atomic E-state index is -0.377. The molecule has 2 fully saturated rings. The first-order valence-electron chi connectivity index (χ1n) is 12.5. The van der Waals surface area contributed by atoms with Crippen molar-refractivity contribution in [3.63, 3.8) is 0 Å². The fourth-order valence-electron chi connectivity index (χ4n) is 4.95. The molecule has 0 aromatic carbocycles. The molecule has 9 heteroatoms. The van der Waals surface area contributed by atoms with E-state index >= 15 is 0 Å². The normalized spacial score (nSPS) is 18.3. The van der Waals surface area contributed by atoms with E-state index in [1.165, 1.54) is 0 Å². The van der Waals surface area contributed by atoms with Gasteiger partial charge in [0.1, 0.15) is 5.69 Å². The predicted molar refractivity (Wildman–Crippen MR) is 127 cm³/mol. The van der Waals surface area contributed by atoms with E-state index < -0.39 is 0 Å². The zero-order valence-electron chi connectivity index (χ0n) is 20.7. The number of hydrogen-bond acceptors (Lipinski definition) is 5. The Balaban J connectivity index is 1.44. The number of H-pyrrole nitrogens is 1. The molecule has 0 aliphatic carbocycles. The quantitative estimate of drug-likeness (QED) is 0.398. The van der Waals surface area contributed by atoms with Gasteiger partial charge in [-0.1, -0.05) is 0 Å². The number of nitrogens with one attached hydrogen (secondary N) is 2. The highest BCUT2D eigenvalue weighted by Crippen LogP contribution is 2.22. The molecule has 2 aliphatic rings. The number of hydrogen-bond donors (Lipinski definition) is 2. The minimum Gasteiger partial charge on any atom is -0.461 e. The van der Waals surface area contributed by atoms with Crippen LogP contribution in [0.25, 0.3) is 0 Å². The number of aromatic nitrogens is 1. The number of likely N-dealkylation sites (tertiary alicyclic amines) is 2. The number of esters is 1. The lowest BCUT2D eigenvalue weighted by molar-refractivity contribution is -0.135. The van der Waals surface area contributed by atoms with E-state index in [2.05, 4.69) is 10.3 Å². The maximum absolute atomic E-state index is 12.9. The van der Waals surface area contributed by atoms with Gasteiger partial charge in [-0.15, -0.1) is 0 Å². The van der Waals surface area contributed by atoms with Crippen LogP contribution in [0.1, 0.15) is 72.8 Å². The first kappa shape index (κ1) is 25.8. The second kappa shape index (κ2) is 12.0. The highest BCUT2D eigenvalue weighted by molar-refractivity contribution is 5.90. The standard InChI is InChI=1S/C25H38N4O5/c1-4-34-25(33)23-17(2)20(18(3)27-23)10-11-22(31)29-14-5-8-19(16-29)24(32)26-12-7-15-28-13-6-9-21(28)30/h19,27H,4-16H2,1-3H3,(H,26,32)/t19-/m1/s1. The van der Waals surface area contributed by atoms with Gasteiger partial charge in [-0.25, -0.2) is 4.79 Å². The smallest absolute Gasteiger partial charge is 0.355 e. The monoisotopic (exact) mass is 474 g/mol. The zero-order valence-corrected chi connectivity index (χ0v) is 20.7. The number of piperidine rings is 1. The van der Waals surface area contributed by atoms with E-state index in [1.807, 2.05) is 18.7 Å². The Kier molecular flexibility index (Phi) is 9.12. The Morgan fingerprint density at radius 1 is 1.18 bits per heavy atom. The Morgan fingerprint density at radius 2 is 1.97 bits per heavy atom. The Hall–Kier alpha value is -2.84. The Labute approximate surface area is 201 Å². The molecule has 0 saturated carbocycles. The van der Waals surface area contributed by atoms with Gasteiger partial charge in [0.15, 0.2) is 0 Å². The fourth-order valence-corrected chi connectivity index (χ4v) is 4.95. The van der Waals surface area contributed by atoms with Crippen LogP contribution < -0.4 is 5.32 Å². The summed E-state index contributed by atoms with van der Waals surface area (Å²) in [6.45, 7) is 9.00. The van der Waals surface area contributed by atoms with Gasteiger partial charge in [0.05, 0.1) is 12.5 Å². The van der Waals surface area contributed by atoms with Crippen molar-refractivity contribution in [2.24, 2.45) is 5.92 Å². The number of rotatable bonds is 10. The molecule has 1 atom stereocenters. The second-order valence-corrected chi connectivity index (χ2v) is 9.26. The van der Waals surface area contributed by atoms with E-state index in [1.54, 1.807) is 11.8 Å². The van der Waals surface area contributed by atoms with Crippen molar-refractivity contribution in [3.8, 4) is 0 Å². The largest absolute Gasteiger partial charge is 0.461 e. The third-order valence-corrected chi connectivity index (χ3v) is 6.88. The van der Waals surface area contributed by atoms with Crippen molar-refractivity contribution >= 4 is 23.7 Å². The molecular weight excluding hydrogens is 436 g/mol. The molecule has 2 aliphatic heterocycles. The van der Waals surface area contributed by atoms with Crippen LogP contribution in [0.2, 0.25) is 0 Å². The molecule has 0 unspecified atom stereocenters. The molecule has 3 rings (SSSR count). The summed E-state index contributed by atoms with van der Waals surface area (Å²) in [5.74, 6) is -0.353. The van der Waals surface area contributed by atoms with Crippen molar-refractivity contribution < 1.29 is 23.9 Å². The van der Waals surface area contributed by atoms with Crippen molar-refractivity contribution in [3.05, 3.63) is 22.5 Å². The molecule has 34 heavy (non-hydrogen) atoms. The first-order valence-corrected chi connectivity index (χ1v) is 12.5. The fraction of sp³-hybridized carbons (Fsp3) is 0.680. The maximum atomic E-state index is 12.9. The number of amides is 3. The van der Waals surface area contributed by atoms with E-state index in [9.17, 15) is 19.2 Å². The van der Waals surface area contributed by atoms with Gasteiger partial charge >= 0.3 is 5.97 Å². The Morgan fingerprint density at radius 3 is 2.68 bits per heavy atom. The number of aryl methyl sites for hydroxylation is 1. The van der Waals surface area contributed by atoms with Gasteiger partial charge in [-0.3, -0.25) is 14.4 Å². The van der Waals surface area contributed by atoms with E-state index in [-0.39, 0.29) is 29.6 Å². The van der Waals surface area contributed by atoms with E-state index in [0.717, 1.165) is 49.0 Å². The molecule has 2 N–H and O–H groups in total. The molecule has 2 saturated heterocycles. The zero-order chi connectivity index (χ0) is 24.7. The summed E-state index contributed by atoms with van der Waals surface area (Å²) in [5.41, 5.74) is 3.12. The summed E-state index contributed by atoms with van der Waals surface area (Å²) in [6, 6.07) is 0. The van der Waals surface area contributed by atoms with Crippen LogP contribution in [0.4, 0.5) is 0 Å². The predicted octanol–water partition coefficient (Wildman–Crippen LogP) is 2.11. The summed E-state index contributed by atoms with van der Waals surface area (Å²) in [4.78, 5) is 56.1. The summed E-state index contributed by atoms with van der Waals surface area (Å²) in [5, 5.41) is 2.98. The molecule has 188 valence electrons. The number of nitrogens with zero attached hydrogens (tertiary/aromatic N) is 2. The number of carbonyl (C=O) groups is 4. The summed E-state index contributed by atoms with van der Waals surface area (Å²) >= 11 is 0. The minimum absolute atomic E-state index is 0.0124. The average Bonchev–Trinajstić information content (AvgIpc) is 3.36. The SMILES string of the molecule is CCOC(=O)c1[nH]c(C)c(CCC(=O)N2CCC[C@@H](C(=O)NCCCN3CCCC3=O)C2)c1C. The topological polar surface area (TPSA) is 112 Å². The molecule has 3 heterocycles. The molecule has 3 amide bonds.